The van der Waals surface area contributed by atoms with E-state index in [4.69, 9.17) is 0 Å². The molecule has 280 valence electrons. The molecule has 5 heteroatoms. The summed E-state index contributed by atoms with van der Waals surface area (Å²) >= 11 is 3.07. The van der Waals surface area contributed by atoms with Gasteiger partial charge in [-0.15, -0.1) is 0 Å². The summed E-state index contributed by atoms with van der Waals surface area (Å²) in [5.41, 5.74) is 0. The Hall–Kier alpha value is -0.530. The highest BCUT2D eigenvalue weighted by Crippen LogP contribution is 2.19. The van der Waals surface area contributed by atoms with Gasteiger partial charge < -0.3 is 0 Å². The van der Waals surface area contributed by atoms with Gasteiger partial charge in [-0.1, -0.05) is 216 Å². The molecule has 2 nitrogen and oxygen atoms in total. The van der Waals surface area contributed by atoms with Crippen molar-refractivity contribution in [3.63, 3.8) is 0 Å². The van der Waals surface area contributed by atoms with E-state index in [1.807, 2.05) is 12.1 Å². The summed E-state index contributed by atoms with van der Waals surface area (Å²) in [5, 5.41) is 0. The fourth-order valence-electron chi connectivity index (χ4n) is 6.68. The van der Waals surface area contributed by atoms with Crippen molar-refractivity contribution >= 4 is 34.2 Å². The molecule has 0 aliphatic heterocycles. The SMILES string of the molecule is CCCCCCCCCCCCCCCCCC(=O)c1ccc([I+]c2ccc(C(=O)CCCCCCCCCCCCCCCCC)s2)s1. The number of unbranched alkanes of at least 4 members (excludes halogenated alkanes) is 28. The minimum absolute atomic E-state index is 0.318. The van der Waals surface area contributed by atoms with Gasteiger partial charge in [0.2, 0.25) is 5.77 Å². The molecule has 49 heavy (non-hydrogen) atoms. The van der Waals surface area contributed by atoms with Crippen molar-refractivity contribution in [2.24, 2.45) is 0 Å². The molecule has 0 aromatic carbocycles. The summed E-state index contributed by atoms with van der Waals surface area (Å²) in [6, 6.07) is 8.41. The molecule has 2 aromatic heterocycles. The first-order chi connectivity index (χ1) is 24.1. The smallest absolute Gasteiger partial charge is 0.293 e. The van der Waals surface area contributed by atoms with Crippen molar-refractivity contribution < 1.29 is 30.8 Å². The Morgan fingerprint density at radius 1 is 0.388 bits per heavy atom. The Kier molecular flexibility index (Phi) is 29.3. The van der Waals surface area contributed by atoms with E-state index in [1.165, 1.54) is 186 Å². The summed E-state index contributed by atoms with van der Waals surface area (Å²) in [7, 11) is 0. The quantitative estimate of drug-likeness (QED) is 0.0390. The van der Waals surface area contributed by atoms with Crippen LogP contribution in [0.15, 0.2) is 24.3 Å². The molecule has 0 amide bonds. The molecule has 0 saturated heterocycles. The Bertz CT molecular complexity index is 975. The first kappa shape index (κ1) is 44.6. The molecule has 0 aliphatic rings. The van der Waals surface area contributed by atoms with Crippen LogP contribution in [0.25, 0.3) is 0 Å². The van der Waals surface area contributed by atoms with Crippen molar-refractivity contribution in [3.8, 4) is 0 Å². The van der Waals surface area contributed by atoms with Crippen LogP contribution in [0.5, 0.6) is 0 Å². The average molecular weight is 826 g/mol. The number of hydrogen-bond donors (Lipinski definition) is 0. The van der Waals surface area contributed by atoms with Crippen LogP contribution >= 0.6 is 22.7 Å². The molecular formula is C44H74IO2S2+. The lowest BCUT2D eigenvalue weighted by molar-refractivity contribution is -0.585. The summed E-state index contributed by atoms with van der Waals surface area (Å²) in [5.74, 6) is 0.640. The number of hydrogen-bond acceptors (Lipinski definition) is 4. The van der Waals surface area contributed by atoms with E-state index in [0.717, 1.165) is 22.6 Å². The van der Waals surface area contributed by atoms with Crippen molar-refractivity contribution in [2.45, 2.75) is 219 Å². The van der Waals surface area contributed by atoms with Gasteiger partial charge in [-0.2, -0.15) is 0 Å². The average Bonchev–Trinajstić information content (AvgIpc) is 3.78. The number of Topliss-reactive ketones (excluding diaryl/α,β-unsaturated/α-hetero) is 2. The van der Waals surface area contributed by atoms with Crippen molar-refractivity contribution in [1.29, 1.82) is 0 Å². The first-order valence-electron chi connectivity index (χ1n) is 21.0. The zero-order valence-corrected chi connectivity index (χ0v) is 35.7. The van der Waals surface area contributed by atoms with Gasteiger partial charge in [0.05, 0.1) is 9.75 Å². The predicted octanol–water partition coefficient (Wildman–Crippen LogP) is 12.8. The highest BCUT2D eigenvalue weighted by molar-refractivity contribution is 7.12. The summed E-state index contributed by atoms with van der Waals surface area (Å²) in [4.78, 5) is 27.5. The maximum atomic E-state index is 12.8. The molecule has 2 aromatic rings. The van der Waals surface area contributed by atoms with E-state index >= 15 is 0 Å². The third-order valence-corrected chi connectivity index (χ3v) is 15.9. The van der Waals surface area contributed by atoms with Crippen LogP contribution in [0.2, 0.25) is 0 Å². The standard InChI is InChI=1S/C44H74IO2S2/c1-3-5-7-9-11-13-15-17-19-21-23-25-27-29-31-33-39(46)41-35-37-43(48-41)45-44-38-36-42(49-44)40(47)34-32-30-28-26-24-22-20-18-16-14-12-10-8-6-4-2/h35-38H,3-34H2,1-2H3/q+1. The van der Waals surface area contributed by atoms with Crippen LogP contribution in [0, 0.1) is 5.77 Å². The molecule has 2 heterocycles. The second kappa shape index (κ2) is 32.1. The van der Waals surface area contributed by atoms with Crippen molar-refractivity contribution in [2.75, 3.05) is 0 Å². The molecule has 0 bridgehead atoms. The van der Waals surface area contributed by atoms with Gasteiger partial charge in [0, 0.05) is 25.0 Å². The molecule has 0 atom stereocenters. The normalized spacial score (nSPS) is 11.5. The zero-order valence-electron chi connectivity index (χ0n) is 31.9. The van der Waals surface area contributed by atoms with Crippen LogP contribution in [-0.2, 0) is 0 Å². The molecule has 0 fully saturated rings. The van der Waals surface area contributed by atoms with Gasteiger partial charge in [0.15, 0.2) is 11.6 Å². The monoisotopic (exact) mass is 825 g/mol. The van der Waals surface area contributed by atoms with Crippen LogP contribution in [-0.4, -0.2) is 11.6 Å². The van der Waals surface area contributed by atoms with E-state index in [2.05, 4.69) is 26.0 Å². The number of carbonyl (C=O) groups excluding carboxylic acids is 2. The number of halogens is 1. The van der Waals surface area contributed by atoms with Gasteiger partial charge in [0.1, 0.15) is 0 Å². The summed E-state index contributed by atoms with van der Waals surface area (Å²) < 4.78 is 2.67. The van der Waals surface area contributed by atoms with Gasteiger partial charge in [-0.25, -0.2) is 0 Å². The van der Waals surface area contributed by atoms with Crippen LogP contribution in [0.1, 0.15) is 239 Å². The number of ketones is 2. The van der Waals surface area contributed by atoms with Crippen LogP contribution in [0.4, 0.5) is 0 Å². The third kappa shape index (κ3) is 24.4. The minimum Gasteiger partial charge on any atom is -0.293 e. The molecule has 0 saturated carbocycles. The summed E-state index contributed by atoms with van der Waals surface area (Å²) in [6.07, 6.45) is 41.9. The topological polar surface area (TPSA) is 34.1 Å². The van der Waals surface area contributed by atoms with Gasteiger partial charge >= 0.3 is 21.2 Å². The second-order valence-corrected chi connectivity index (χ2v) is 21.0. The lowest BCUT2D eigenvalue weighted by atomic mass is 10.0. The zero-order chi connectivity index (χ0) is 35.0. The Morgan fingerprint density at radius 2 is 0.633 bits per heavy atom. The largest absolute Gasteiger partial charge is 0.381 e. The molecule has 0 spiro atoms. The molecule has 0 N–H and O–H groups in total. The molecule has 0 radical (unpaired) electrons. The Morgan fingerprint density at radius 3 is 0.898 bits per heavy atom. The lowest BCUT2D eigenvalue weighted by Gasteiger charge is -2.03. The molecular weight excluding hydrogens is 752 g/mol. The minimum atomic E-state index is -0.318. The summed E-state index contributed by atoms with van der Waals surface area (Å²) in [6.45, 7) is 4.57. The molecule has 0 unspecified atom stereocenters. The van der Waals surface area contributed by atoms with E-state index in [-0.39, 0.29) is 21.2 Å². The highest BCUT2D eigenvalue weighted by atomic mass is 127. The third-order valence-electron chi connectivity index (χ3n) is 9.90. The maximum Gasteiger partial charge on any atom is 0.381 e. The maximum absolute atomic E-state index is 12.8. The fourth-order valence-corrected chi connectivity index (χ4v) is 12.9. The Labute approximate surface area is 322 Å². The van der Waals surface area contributed by atoms with E-state index in [0.29, 0.717) is 24.4 Å². The highest BCUT2D eigenvalue weighted by Gasteiger charge is 2.23. The Balaban J connectivity index is 1.44. The fraction of sp³-hybridized carbons (Fsp3) is 0.773. The van der Waals surface area contributed by atoms with Crippen molar-refractivity contribution in [3.05, 3.63) is 39.8 Å². The van der Waals surface area contributed by atoms with Gasteiger partial charge in [0.25, 0.3) is 0 Å². The van der Waals surface area contributed by atoms with E-state index in [1.54, 1.807) is 22.7 Å². The van der Waals surface area contributed by atoms with Gasteiger partial charge in [-0.3, -0.25) is 9.59 Å². The van der Waals surface area contributed by atoms with Crippen LogP contribution in [0.3, 0.4) is 0 Å². The number of rotatable bonds is 36. The van der Waals surface area contributed by atoms with E-state index in [9.17, 15) is 9.59 Å². The van der Waals surface area contributed by atoms with Crippen molar-refractivity contribution in [1.82, 2.24) is 0 Å². The predicted molar refractivity (Wildman–Crippen MR) is 214 cm³/mol. The van der Waals surface area contributed by atoms with Gasteiger partial charge in [-0.05, 0) is 25.0 Å². The van der Waals surface area contributed by atoms with E-state index < -0.39 is 0 Å². The number of carbonyl (C=O) groups is 2. The molecule has 0 aliphatic carbocycles. The first-order valence-corrected chi connectivity index (χ1v) is 24.8. The lowest BCUT2D eigenvalue weighted by Crippen LogP contribution is -3.61. The second-order valence-electron chi connectivity index (χ2n) is 14.5. The van der Waals surface area contributed by atoms with Crippen LogP contribution < -0.4 is 21.2 Å². The number of thiophene rings is 2. The molecule has 2 rings (SSSR count).